The van der Waals surface area contributed by atoms with Crippen LogP contribution >= 0.6 is 0 Å². The van der Waals surface area contributed by atoms with Crippen molar-refractivity contribution in [3.05, 3.63) is 0 Å². The Hall–Kier alpha value is -0.530. The number of rotatable bonds is 3. The van der Waals surface area contributed by atoms with E-state index in [9.17, 15) is 4.79 Å². The van der Waals surface area contributed by atoms with Gasteiger partial charge in [0, 0.05) is 5.92 Å². The highest BCUT2D eigenvalue weighted by Gasteiger charge is 2.59. The normalized spacial score (nSPS) is 33.6. The van der Waals surface area contributed by atoms with Gasteiger partial charge in [-0.1, -0.05) is 34.6 Å². The predicted molar refractivity (Wildman–Crippen MR) is 66.1 cm³/mol. The molecule has 0 radical (unpaired) electrons. The summed E-state index contributed by atoms with van der Waals surface area (Å²) in [7, 11) is 0. The maximum absolute atomic E-state index is 12.3. The average Bonchev–Trinajstić information content (AvgIpc) is 2.25. The standard InChI is InChI=1S/C14H26O2/c1-9(2)8-14(10(3)4)11(5)13(6,7)16-12(14)15/h9-11H,8H2,1-7H3. The van der Waals surface area contributed by atoms with E-state index in [0.29, 0.717) is 11.8 Å². The van der Waals surface area contributed by atoms with Crippen molar-refractivity contribution in [3.8, 4) is 0 Å². The zero-order chi connectivity index (χ0) is 12.7. The van der Waals surface area contributed by atoms with Gasteiger partial charge in [-0.3, -0.25) is 4.79 Å². The van der Waals surface area contributed by atoms with E-state index in [1.54, 1.807) is 0 Å². The van der Waals surface area contributed by atoms with Crippen LogP contribution in [-0.4, -0.2) is 11.6 Å². The van der Waals surface area contributed by atoms with Gasteiger partial charge < -0.3 is 4.74 Å². The van der Waals surface area contributed by atoms with Gasteiger partial charge >= 0.3 is 5.97 Å². The fourth-order valence-corrected chi connectivity index (χ4v) is 3.13. The second-order valence-electron chi connectivity index (χ2n) is 6.51. The first kappa shape index (κ1) is 13.5. The quantitative estimate of drug-likeness (QED) is 0.687. The number of cyclic esters (lactones) is 1. The van der Waals surface area contributed by atoms with Gasteiger partial charge in [-0.25, -0.2) is 0 Å². The number of hydrogen-bond acceptors (Lipinski definition) is 2. The summed E-state index contributed by atoms with van der Waals surface area (Å²) in [6, 6.07) is 0. The largest absolute Gasteiger partial charge is 0.459 e. The van der Waals surface area contributed by atoms with Crippen molar-refractivity contribution in [2.45, 2.75) is 60.5 Å². The summed E-state index contributed by atoms with van der Waals surface area (Å²) in [5.41, 5.74) is -0.617. The van der Waals surface area contributed by atoms with Crippen LogP contribution in [0.5, 0.6) is 0 Å². The Bertz CT molecular complexity index is 278. The molecule has 0 aromatic heterocycles. The van der Waals surface area contributed by atoms with Crippen LogP contribution in [0.15, 0.2) is 0 Å². The number of ether oxygens (including phenoxy) is 1. The molecule has 0 amide bonds. The van der Waals surface area contributed by atoms with Gasteiger partial charge in [-0.15, -0.1) is 0 Å². The molecule has 16 heavy (non-hydrogen) atoms. The average molecular weight is 226 g/mol. The molecule has 2 nitrogen and oxygen atoms in total. The summed E-state index contributed by atoms with van der Waals surface area (Å²) in [4.78, 5) is 12.3. The third-order valence-corrected chi connectivity index (χ3v) is 4.33. The number of esters is 1. The van der Waals surface area contributed by atoms with E-state index in [1.165, 1.54) is 0 Å². The smallest absolute Gasteiger partial charge is 0.313 e. The first-order valence-electron chi connectivity index (χ1n) is 6.38. The first-order chi connectivity index (χ1) is 7.14. The number of carbonyl (C=O) groups excluding carboxylic acids is 1. The monoisotopic (exact) mass is 226 g/mol. The molecule has 1 fully saturated rings. The minimum absolute atomic E-state index is 0.00806. The van der Waals surface area contributed by atoms with Crippen LogP contribution in [0.1, 0.15) is 54.9 Å². The summed E-state index contributed by atoms with van der Waals surface area (Å²) in [6.45, 7) is 14.8. The van der Waals surface area contributed by atoms with E-state index in [2.05, 4.69) is 34.6 Å². The molecule has 0 bridgehead atoms. The van der Waals surface area contributed by atoms with Gasteiger partial charge in [-0.05, 0) is 32.1 Å². The van der Waals surface area contributed by atoms with Gasteiger partial charge in [0.2, 0.25) is 0 Å². The van der Waals surface area contributed by atoms with Crippen LogP contribution in [-0.2, 0) is 9.53 Å². The van der Waals surface area contributed by atoms with Gasteiger partial charge in [0.25, 0.3) is 0 Å². The molecule has 0 N–H and O–H groups in total. The fourth-order valence-electron chi connectivity index (χ4n) is 3.13. The summed E-state index contributed by atoms with van der Waals surface area (Å²) in [5, 5.41) is 0. The lowest BCUT2D eigenvalue weighted by molar-refractivity contribution is -0.154. The topological polar surface area (TPSA) is 26.3 Å². The zero-order valence-electron chi connectivity index (χ0n) is 11.8. The second kappa shape index (κ2) is 4.05. The second-order valence-corrected chi connectivity index (χ2v) is 6.51. The van der Waals surface area contributed by atoms with Crippen molar-refractivity contribution in [2.24, 2.45) is 23.2 Å². The molecule has 0 saturated carbocycles. The Kier molecular flexibility index (Phi) is 3.42. The van der Waals surface area contributed by atoms with E-state index >= 15 is 0 Å². The molecule has 0 aromatic rings. The first-order valence-corrected chi connectivity index (χ1v) is 6.38. The minimum atomic E-state index is -0.323. The molecule has 0 aromatic carbocycles. The summed E-state index contributed by atoms with van der Waals surface area (Å²) in [6.07, 6.45) is 0.925. The highest BCUT2D eigenvalue weighted by molar-refractivity contribution is 5.80. The highest BCUT2D eigenvalue weighted by Crippen LogP contribution is 2.53. The third-order valence-electron chi connectivity index (χ3n) is 4.33. The number of hydrogen-bond donors (Lipinski definition) is 0. The molecule has 1 saturated heterocycles. The third kappa shape index (κ3) is 1.87. The SMILES string of the molecule is CC(C)CC1(C(C)C)C(=O)OC(C)(C)C1C. The Balaban J connectivity index is 3.15. The number of carbonyl (C=O) groups is 1. The van der Waals surface area contributed by atoms with E-state index in [0.717, 1.165) is 6.42 Å². The van der Waals surface area contributed by atoms with Crippen LogP contribution in [0, 0.1) is 23.2 Å². The molecule has 1 rings (SSSR count). The molecule has 2 heteroatoms. The molecule has 2 atom stereocenters. The maximum Gasteiger partial charge on any atom is 0.313 e. The van der Waals surface area contributed by atoms with Crippen molar-refractivity contribution in [1.29, 1.82) is 0 Å². The Morgan fingerprint density at radius 1 is 1.25 bits per heavy atom. The van der Waals surface area contributed by atoms with E-state index in [1.807, 2.05) is 13.8 Å². The lowest BCUT2D eigenvalue weighted by atomic mass is 9.62. The molecule has 1 heterocycles. The fraction of sp³-hybridized carbons (Fsp3) is 0.929. The van der Waals surface area contributed by atoms with Gasteiger partial charge in [0.15, 0.2) is 0 Å². The van der Waals surface area contributed by atoms with Crippen molar-refractivity contribution >= 4 is 5.97 Å². The van der Waals surface area contributed by atoms with Gasteiger partial charge in [0.1, 0.15) is 5.60 Å². The summed E-state index contributed by atoms with van der Waals surface area (Å²) in [5.74, 6) is 1.13. The van der Waals surface area contributed by atoms with Crippen LogP contribution in [0.2, 0.25) is 0 Å². The zero-order valence-corrected chi connectivity index (χ0v) is 11.8. The van der Waals surface area contributed by atoms with E-state index in [4.69, 9.17) is 4.74 Å². The summed E-state index contributed by atoms with van der Waals surface area (Å²) >= 11 is 0. The van der Waals surface area contributed by atoms with E-state index < -0.39 is 0 Å². The molecule has 1 aliphatic heterocycles. The maximum atomic E-state index is 12.3. The molecule has 2 unspecified atom stereocenters. The van der Waals surface area contributed by atoms with Crippen LogP contribution in [0.3, 0.4) is 0 Å². The Morgan fingerprint density at radius 3 is 2.00 bits per heavy atom. The molecule has 94 valence electrons. The summed E-state index contributed by atoms with van der Waals surface area (Å²) < 4.78 is 5.60. The van der Waals surface area contributed by atoms with E-state index in [-0.39, 0.29) is 22.9 Å². The predicted octanol–water partition coefficient (Wildman–Crippen LogP) is 3.65. The van der Waals surface area contributed by atoms with Gasteiger partial charge in [0.05, 0.1) is 5.41 Å². The molecule has 1 aliphatic rings. The van der Waals surface area contributed by atoms with Gasteiger partial charge in [-0.2, -0.15) is 0 Å². The lowest BCUT2D eigenvalue weighted by Crippen LogP contribution is -2.41. The van der Waals surface area contributed by atoms with Crippen LogP contribution < -0.4 is 0 Å². The van der Waals surface area contributed by atoms with Crippen molar-refractivity contribution in [1.82, 2.24) is 0 Å². The van der Waals surface area contributed by atoms with Crippen LogP contribution in [0.4, 0.5) is 0 Å². The van der Waals surface area contributed by atoms with Crippen molar-refractivity contribution in [3.63, 3.8) is 0 Å². The highest BCUT2D eigenvalue weighted by atomic mass is 16.6. The minimum Gasteiger partial charge on any atom is -0.459 e. The molecular formula is C14H26O2. The molecule has 0 spiro atoms. The van der Waals surface area contributed by atoms with Crippen molar-refractivity contribution < 1.29 is 9.53 Å². The Morgan fingerprint density at radius 2 is 1.75 bits per heavy atom. The Labute approximate surface area is 99.8 Å². The van der Waals surface area contributed by atoms with Crippen molar-refractivity contribution in [2.75, 3.05) is 0 Å². The van der Waals surface area contributed by atoms with Crippen LogP contribution in [0.25, 0.3) is 0 Å². The molecule has 0 aliphatic carbocycles. The molecular weight excluding hydrogens is 200 g/mol. The lowest BCUT2D eigenvalue weighted by Gasteiger charge is -2.37.